The third-order valence-electron chi connectivity index (χ3n) is 4.97. The molecule has 3 atom stereocenters. The third-order valence-corrected chi connectivity index (χ3v) is 4.97. The number of hydrogen-bond acceptors (Lipinski definition) is 4. The van der Waals surface area contributed by atoms with E-state index in [2.05, 4.69) is 16.9 Å². The number of rotatable bonds is 4. The van der Waals surface area contributed by atoms with Crippen molar-refractivity contribution in [1.82, 2.24) is 9.88 Å². The molecule has 0 amide bonds. The number of pyridine rings is 1. The number of nitrogens with zero attached hydrogens (tertiary/aromatic N) is 2. The number of hydrogen-bond donors (Lipinski definition) is 1. The highest BCUT2D eigenvalue weighted by Gasteiger charge is 2.40. The molecule has 0 spiro atoms. The fourth-order valence-electron chi connectivity index (χ4n) is 3.83. The predicted octanol–water partition coefficient (Wildman–Crippen LogP) is 2.39. The number of aliphatic hydroxyl groups is 1. The smallest absolute Gasteiger partial charge is 0.137 e. The topological polar surface area (TPSA) is 45.6 Å². The summed E-state index contributed by atoms with van der Waals surface area (Å²) in [7, 11) is 2.22. The molecular weight excluding hydrogens is 252 g/mol. The lowest BCUT2D eigenvalue weighted by Gasteiger charge is -2.38. The molecule has 2 saturated heterocycles. The van der Waals surface area contributed by atoms with Gasteiger partial charge in [0.25, 0.3) is 0 Å². The van der Waals surface area contributed by atoms with Crippen molar-refractivity contribution in [3.8, 4) is 5.75 Å². The summed E-state index contributed by atoms with van der Waals surface area (Å²) in [5, 5.41) is 10.7. The van der Waals surface area contributed by atoms with Crippen LogP contribution in [0.5, 0.6) is 5.75 Å². The van der Waals surface area contributed by atoms with Crippen molar-refractivity contribution in [3.63, 3.8) is 0 Å². The van der Waals surface area contributed by atoms with Gasteiger partial charge in [0.15, 0.2) is 0 Å². The lowest BCUT2D eigenvalue weighted by atomic mass is 9.84. The molecule has 20 heavy (non-hydrogen) atoms. The van der Waals surface area contributed by atoms with Crippen LogP contribution in [0.2, 0.25) is 0 Å². The van der Waals surface area contributed by atoms with E-state index in [0.717, 1.165) is 24.2 Å². The van der Waals surface area contributed by atoms with Gasteiger partial charge < -0.3 is 14.7 Å². The highest BCUT2D eigenvalue weighted by Crippen LogP contribution is 2.42. The van der Waals surface area contributed by atoms with Gasteiger partial charge in [-0.2, -0.15) is 0 Å². The van der Waals surface area contributed by atoms with E-state index in [1.54, 1.807) is 12.4 Å². The van der Waals surface area contributed by atoms with Crippen molar-refractivity contribution in [2.24, 2.45) is 5.92 Å². The quantitative estimate of drug-likeness (QED) is 0.917. The number of ether oxygens (including phenoxy) is 1. The minimum Gasteiger partial charge on any atom is -0.492 e. The van der Waals surface area contributed by atoms with Gasteiger partial charge in [-0.25, -0.2) is 0 Å². The first kappa shape index (κ1) is 13.8. The predicted molar refractivity (Wildman–Crippen MR) is 77.7 cm³/mol. The van der Waals surface area contributed by atoms with Crippen LogP contribution in [0, 0.1) is 5.92 Å². The Hall–Kier alpha value is -1.13. The summed E-state index contributed by atoms with van der Waals surface area (Å²) in [5.41, 5.74) is 0.893. The lowest BCUT2D eigenvalue weighted by molar-refractivity contribution is 0.0353. The molecule has 2 aliphatic rings. The van der Waals surface area contributed by atoms with Crippen molar-refractivity contribution in [3.05, 3.63) is 24.0 Å². The van der Waals surface area contributed by atoms with E-state index < -0.39 is 6.10 Å². The second-order valence-corrected chi connectivity index (χ2v) is 6.11. The lowest BCUT2D eigenvalue weighted by Crippen LogP contribution is -2.41. The van der Waals surface area contributed by atoms with Crippen molar-refractivity contribution >= 4 is 0 Å². The van der Waals surface area contributed by atoms with Crippen LogP contribution >= 0.6 is 0 Å². The maximum atomic E-state index is 10.7. The van der Waals surface area contributed by atoms with Crippen LogP contribution < -0.4 is 4.74 Å². The molecule has 0 aliphatic carbocycles. The number of fused-ring (bicyclic) bond motifs is 2. The average Bonchev–Trinajstić information content (AvgIpc) is 2.68. The normalized spacial score (nSPS) is 31.2. The van der Waals surface area contributed by atoms with E-state index in [0.29, 0.717) is 24.6 Å². The Bertz CT molecular complexity index is 452. The van der Waals surface area contributed by atoms with Crippen LogP contribution in [-0.2, 0) is 0 Å². The highest BCUT2D eigenvalue weighted by atomic mass is 16.5. The van der Waals surface area contributed by atoms with Gasteiger partial charge in [-0.1, -0.05) is 0 Å². The van der Waals surface area contributed by atoms with E-state index in [4.69, 9.17) is 4.74 Å². The van der Waals surface area contributed by atoms with E-state index in [9.17, 15) is 5.11 Å². The van der Waals surface area contributed by atoms with E-state index >= 15 is 0 Å². The Morgan fingerprint density at radius 2 is 2.05 bits per heavy atom. The van der Waals surface area contributed by atoms with Gasteiger partial charge in [0.05, 0.1) is 18.9 Å². The van der Waals surface area contributed by atoms with E-state index in [1.165, 1.54) is 12.8 Å². The van der Waals surface area contributed by atoms with Crippen LogP contribution in [0.25, 0.3) is 0 Å². The van der Waals surface area contributed by atoms with Gasteiger partial charge in [0.2, 0.25) is 0 Å². The third kappa shape index (κ3) is 2.54. The van der Waals surface area contributed by atoms with Crippen LogP contribution in [0.15, 0.2) is 18.5 Å². The molecule has 110 valence electrons. The van der Waals surface area contributed by atoms with Crippen molar-refractivity contribution in [2.75, 3.05) is 13.7 Å². The number of aromatic nitrogens is 1. The first-order valence-corrected chi connectivity index (χ1v) is 7.66. The average molecular weight is 276 g/mol. The van der Waals surface area contributed by atoms with E-state index in [-0.39, 0.29) is 0 Å². The monoisotopic (exact) mass is 276 g/mol. The molecule has 2 aliphatic heterocycles. The second kappa shape index (κ2) is 5.70. The Balaban J connectivity index is 1.72. The molecule has 1 N–H and O–H groups in total. The maximum Gasteiger partial charge on any atom is 0.137 e. The molecular formula is C16H24N2O2. The van der Waals surface area contributed by atoms with Gasteiger partial charge in [-0.15, -0.1) is 0 Å². The van der Waals surface area contributed by atoms with Gasteiger partial charge in [0, 0.05) is 23.8 Å². The first-order valence-electron chi connectivity index (χ1n) is 7.66. The standard InChI is InChI=1S/C16H24N2O2/c1-3-20-15-8-12(9-17-10-15)16(19)11-6-13-4-5-14(7-11)18(13)2/h8-11,13-14,16,19H,3-7H2,1-2H3. The maximum absolute atomic E-state index is 10.7. The molecule has 4 heteroatoms. The molecule has 1 aromatic rings. The molecule has 0 saturated carbocycles. The minimum absolute atomic E-state index is 0.349. The zero-order valence-corrected chi connectivity index (χ0v) is 12.3. The Kier molecular flexibility index (Phi) is 3.94. The van der Waals surface area contributed by atoms with Crippen molar-refractivity contribution < 1.29 is 9.84 Å². The van der Waals surface area contributed by atoms with Crippen LogP contribution in [-0.4, -0.2) is 40.7 Å². The highest BCUT2D eigenvalue weighted by molar-refractivity contribution is 5.25. The molecule has 0 aromatic carbocycles. The summed E-state index contributed by atoms with van der Waals surface area (Å²) in [6.07, 6.45) is 7.80. The van der Waals surface area contributed by atoms with Crippen molar-refractivity contribution in [2.45, 2.75) is 50.8 Å². The molecule has 3 rings (SSSR count). The van der Waals surface area contributed by atoms with Gasteiger partial charge in [-0.05, 0) is 51.6 Å². The van der Waals surface area contributed by atoms with Crippen LogP contribution in [0.4, 0.5) is 0 Å². The fraction of sp³-hybridized carbons (Fsp3) is 0.688. The molecule has 3 heterocycles. The van der Waals surface area contributed by atoms with Crippen molar-refractivity contribution in [1.29, 1.82) is 0 Å². The SMILES string of the molecule is CCOc1cncc(C(O)C2CC3CCC(C2)N3C)c1. The summed E-state index contributed by atoms with van der Waals surface area (Å²) >= 11 is 0. The molecule has 0 radical (unpaired) electrons. The molecule has 4 nitrogen and oxygen atoms in total. The van der Waals surface area contributed by atoms with Gasteiger partial charge >= 0.3 is 0 Å². The zero-order valence-electron chi connectivity index (χ0n) is 12.3. The van der Waals surface area contributed by atoms with Crippen LogP contribution in [0.1, 0.15) is 44.3 Å². The number of aliphatic hydroxyl groups excluding tert-OH is 1. The Morgan fingerprint density at radius 3 is 2.70 bits per heavy atom. The summed E-state index contributed by atoms with van der Waals surface area (Å²) in [6, 6.07) is 3.23. The molecule has 2 fully saturated rings. The van der Waals surface area contributed by atoms with Gasteiger partial charge in [-0.3, -0.25) is 4.98 Å². The zero-order chi connectivity index (χ0) is 14.1. The first-order chi connectivity index (χ1) is 9.69. The number of piperidine rings is 1. The second-order valence-electron chi connectivity index (χ2n) is 6.11. The Labute approximate surface area is 120 Å². The molecule has 2 bridgehead atoms. The summed E-state index contributed by atoms with van der Waals surface area (Å²) in [5.74, 6) is 1.10. The summed E-state index contributed by atoms with van der Waals surface area (Å²) in [6.45, 7) is 2.58. The minimum atomic E-state index is -0.417. The summed E-state index contributed by atoms with van der Waals surface area (Å²) in [4.78, 5) is 6.69. The summed E-state index contributed by atoms with van der Waals surface area (Å²) < 4.78 is 5.47. The Morgan fingerprint density at radius 1 is 1.35 bits per heavy atom. The molecule has 1 aromatic heterocycles. The van der Waals surface area contributed by atoms with E-state index in [1.807, 2.05) is 13.0 Å². The molecule has 3 unspecified atom stereocenters. The fourth-order valence-corrected chi connectivity index (χ4v) is 3.83. The van der Waals surface area contributed by atoms with Crippen LogP contribution in [0.3, 0.4) is 0 Å². The largest absolute Gasteiger partial charge is 0.492 e. The van der Waals surface area contributed by atoms with Gasteiger partial charge in [0.1, 0.15) is 5.75 Å².